The summed E-state index contributed by atoms with van der Waals surface area (Å²) in [6, 6.07) is 0. The Balaban J connectivity index is 1.96. The molecule has 1 N–H and O–H groups in total. The van der Waals surface area contributed by atoms with Gasteiger partial charge in [-0.25, -0.2) is 0 Å². The van der Waals surface area contributed by atoms with Crippen LogP contribution in [0.5, 0.6) is 0 Å². The molecule has 0 fully saturated rings. The van der Waals surface area contributed by atoms with Crippen molar-refractivity contribution in [3.63, 3.8) is 0 Å². The average Bonchev–Trinajstić information content (AvgIpc) is 2.94. The van der Waals surface area contributed by atoms with Crippen LogP contribution in [0.2, 0.25) is 0 Å². The number of nitro groups is 1. The van der Waals surface area contributed by atoms with Gasteiger partial charge in [-0.15, -0.1) is 0 Å². The van der Waals surface area contributed by atoms with Gasteiger partial charge in [0.2, 0.25) is 0 Å². The summed E-state index contributed by atoms with van der Waals surface area (Å²) in [5.74, 6) is -0.237. The molecule has 0 saturated heterocycles. The van der Waals surface area contributed by atoms with Gasteiger partial charge in [-0.3, -0.25) is 24.3 Å². The quantitative estimate of drug-likeness (QED) is 0.640. The molecule has 1 amide bonds. The third-order valence-corrected chi connectivity index (χ3v) is 3.10. The van der Waals surface area contributed by atoms with Crippen LogP contribution < -0.4 is 5.32 Å². The molecule has 112 valence electrons. The number of hydrogen-bond acceptors (Lipinski definition) is 5. The van der Waals surface area contributed by atoms with Crippen molar-refractivity contribution < 1.29 is 9.72 Å². The molecule has 0 radical (unpaired) electrons. The Kier molecular flexibility index (Phi) is 4.01. The van der Waals surface area contributed by atoms with Gasteiger partial charge in [0.05, 0.1) is 23.2 Å². The molecular weight excluding hydrogens is 276 g/mol. The van der Waals surface area contributed by atoms with Crippen LogP contribution >= 0.6 is 0 Å². The minimum absolute atomic E-state index is 0.0218. The second kappa shape index (κ2) is 5.73. The second-order valence-corrected chi connectivity index (χ2v) is 4.66. The zero-order chi connectivity index (χ0) is 15.6. The molecule has 0 unspecified atom stereocenters. The maximum absolute atomic E-state index is 11.8. The predicted octanol–water partition coefficient (Wildman–Crippen LogP) is 0.572. The first-order chi connectivity index (χ1) is 9.90. The van der Waals surface area contributed by atoms with E-state index in [1.165, 1.54) is 10.9 Å². The number of carbonyl (C=O) groups excluding carboxylic acids is 1. The highest BCUT2D eigenvalue weighted by Crippen LogP contribution is 2.21. The lowest BCUT2D eigenvalue weighted by molar-refractivity contribution is -0.386. The Bertz CT molecular complexity index is 687. The monoisotopic (exact) mass is 292 g/mol. The fourth-order valence-electron chi connectivity index (χ4n) is 2.09. The van der Waals surface area contributed by atoms with Crippen LogP contribution in [0.3, 0.4) is 0 Å². The molecular formula is C12H16N6O3. The van der Waals surface area contributed by atoms with Crippen molar-refractivity contribution in [3.05, 3.63) is 39.5 Å². The number of carbonyl (C=O) groups is 1. The van der Waals surface area contributed by atoms with Gasteiger partial charge in [0.1, 0.15) is 11.4 Å². The van der Waals surface area contributed by atoms with Gasteiger partial charge in [0.25, 0.3) is 5.91 Å². The summed E-state index contributed by atoms with van der Waals surface area (Å²) in [5.41, 5.74) is 1.34. The van der Waals surface area contributed by atoms with E-state index in [4.69, 9.17) is 0 Å². The Hall–Kier alpha value is -2.71. The largest absolute Gasteiger partial charge is 0.350 e. The standard InChI is InChI=1S/C12H16N6O3/c1-8-11(18(20)21)9(2)17(15-8)5-4-13-12(19)10-6-14-16(3)7-10/h6-7H,4-5H2,1-3H3,(H,13,19). The van der Waals surface area contributed by atoms with Crippen molar-refractivity contribution >= 4 is 11.6 Å². The third-order valence-electron chi connectivity index (χ3n) is 3.10. The van der Waals surface area contributed by atoms with Gasteiger partial charge < -0.3 is 5.32 Å². The van der Waals surface area contributed by atoms with E-state index in [-0.39, 0.29) is 11.6 Å². The molecule has 9 heteroatoms. The van der Waals surface area contributed by atoms with Gasteiger partial charge in [0, 0.05) is 19.8 Å². The molecule has 21 heavy (non-hydrogen) atoms. The Labute approximate surface area is 120 Å². The van der Waals surface area contributed by atoms with Crippen molar-refractivity contribution in [1.29, 1.82) is 0 Å². The number of hydrogen-bond donors (Lipinski definition) is 1. The zero-order valence-corrected chi connectivity index (χ0v) is 12.0. The molecule has 0 spiro atoms. The number of nitrogens with one attached hydrogen (secondary N) is 1. The topological polar surface area (TPSA) is 108 Å². The van der Waals surface area contributed by atoms with E-state index in [0.717, 1.165) is 0 Å². The van der Waals surface area contributed by atoms with Gasteiger partial charge in [-0.1, -0.05) is 0 Å². The number of aromatic nitrogens is 4. The first kappa shape index (κ1) is 14.7. The zero-order valence-electron chi connectivity index (χ0n) is 12.0. The van der Waals surface area contributed by atoms with E-state index >= 15 is 0 Å². The van der Waals surface area contributed by atoms with E-state index < -0.39 is 4.92 Å². The van der Waals surface area contributed by atoms with E-state index in [2.05, 4.69) is 15.5 Å². The SMILES string of the molecule is Cc1nn(CCNC(=O)c2cnn(C)c2)c(C)c1[N+](=O)[O-]. The molecule has 0 saturated carbocycles. The number of amides is 1. The van der Waals surface area contributed by atoms with E-state index in [1.54, 1.807) is 31.8 Å². The normalized spacial score (nSPS) is 10.6. The van der Waals surface area contributed by atoms with Crippen LogP contribution in [0.25, 0.3) is 0 Å². The molecule has 2 aromatic heterocycles. The predicted molar refractivity (Wildman–Crippen MR) is 73.9 cm³/mol. The molecule has 0 aliphatic carbocycles. The van der Waals surface area contributed by atoms with Gasteiger partial charge in [-0.05, 0) is 13.8 Å². The van der Waals surface area contributed by atoms with E-state index in [9.17, 15) is 14.9 Å². The number of aryl methyl sites for hydroxylation is 2. The lowest BCUT2D eigenvalue weighted by Gasteiger charge is -2.05. The lowest BCUT2D eigenvalue weighted by atomic mass is 10.3. The summed E-state index contributed by atoms with van der Waals surface area (Å²) in [6.45, 7) is 3.93. The first-order valence-corrected chi connectivity index (χ1v) is 6.35. The highest BCUT2D eigenvalue weighted by molar-refractivity contribution is 5.93. The highest BCUT2D eigenvalue weighted by Gasteiger charge is 2.21. The summed E-state index contributed by atoms with van der Waals surface area (Å²) in [6.07, 6.45) is 3.09. The van der Waals surface area contributed by atoms with Crippen molar-refractivity contribution in [3.8, 4) is 0 Å². The average molecular weight is 292 g/mol. The maximum atomic E-state index is 11.8. The fourth-order valence-corrected chi connectivity index (χ4v) is 2.09. The minimum Gasteiger partial charge on any atom is -0.350 e. The van der Waals surface area contributed by atoms with Crippen molar-refractivity contribution in [1.82, 2.24) is 24.9 Å². The summed E-state index contributed by atoms with van der Waals surface area (Å²) in [5, 5.41) is 21.6. The summed E-state index contributed by atoms with van der Waals surface area (Å²) < 4.78 is 3.07. The maximum Gasteiger partial charge on any atom is 0.312 e. The first-order valence-electron chi connectivity index (χ1n) is 6.35. The molecule has 2 aromatic rings. The van der Waals surface area contributed by atoms with E-state index in [0.29, 0.717) is 30.0 Å². The van der Waals surface area contributed by atoms with Crippen molar-refractivity contribution in [2.45, 2.75) is 20.4 Å². The Morgan fingerprint density at radius 1 is 1.48 bits per heavy atom. The molecule has 9 nitrogen and oxygen atoms in total. The van der Waals surface area contributed by atoms with Gasteiger partial charge >= 0.3 is 5.69 Å². The summed E-state index contributed by atoms with van der Waals surface area (Å²) in [7, 11) is 1.73. The minimum atomic E-state index is -0.442. The molecule has 0 aromatic carbocycles. The van der Waals surface area contributed by atoms with Crippen molar-refractivity contribution in [2.24, 2.45) is 7.05 Å². The molecule has 2 rings (SSSR count). The highest BCUT2D eigenvalue weighted by atomic mass is 16.6. The Morgan fingerprint density at radius 2 is 2.19 bits per heavy atom. The van der Waals surface area contributed by atoms with Crippen LogP contribution in [-0.4, -0.2) is 36.9 Å². The Morgan fingerprint density at radius 3 is 2.71 bits per heavy atom. The molecule has 0 bridgehead atoms. The molecule has 0 aliphatic heterocycles. The lowest BCUT2D eigenvalue weighted by Crippen LogP contribution is -2.27. The van der Waals surface area contributed by atoms with Gasteiger partial charge in [0.15, 0.2) is 0 Å². The van der Waals surface area contributed by atoms with E-state index in [1.807, 2.05) is 0 Å². The third kappa shape index (κ3) is 3.07. The molecule has 0 atom stereocenters. The smallest absolute Gasteiger partial charge is 0.312 e. The van der Waals surface area contributed by atoms with Crippen LogP contribution in [0.1, 0.15) is 21.7 Å². The van der Waals surface area contributed by atoms with Crippen LogP contribution in [0, 0.1) is 24.0 Å². The van der Waals surface area contributed by atoms with Crippen LogP contribution in [-0.2, 0) is 13.6 Å². The van der Waals surface area contributed by atoms with Gasteiger partial charge in [-0.2, -0.15) is 10.2 Å². The summed E-state index contributed by atoms with van der Waals surface area (Å²) in [4.78, 5) is 22.3. The molecule has 0 aliphatic rings. The number of rotatable bonds is 5. The number of nitrogens with zero attached hydrogens (tertiary/aromatic N) is 5. The van der Waals surface area contributed by atoms with Crippen LogP contribution in [0.4, 0.5) is 5.69 Å². The second-order valence-electron chi connectivity index (χ2n) is 4.66. The van der Waals surface area contributed by atoms with Crippen molar-refractivity contribution in [2.75, 3.05) is 6.54 Å². The van der Waals surface area contributed by atoms with Crippen LogP contribution in [0.15, 0.2) is 12.4 Å². The fraction of sp³-hybridized carbons (Fsp3) is 0.417. The molecule has 2 heterocycles. The summed E-state index contributed by atoms with van der Waals surface area (Å²) >= 11 is 0.